The first-order chi connectivity index (χ1) is 6.97. The number of hydrogen-bond acceptors (Lipinski definition) is 3. The molecule has 0 unspecified atom stereocenters. The number of carbonyl (C=O) groups excluding carboxylic acids is 1. The zero-order chi connectivity index (χ0) is 11.6. The number of methoxy groups -OCH3 is 1. The smallest absolute Gasteiger partial charge is 0.340 e. The minimum absolute atomic E-state index is 0.171. The molecule has 6 heteroatoms. The molecule has 1 aromatic heterocycles. The van der Waals surface area contributed by atoms with Gasteiger partial charge in [0.15, 0.2) is 0 Å². The second-order valence-corrected chi connectivity index (χ2v) is 3.60. The van der Waals surface area contributed by atoms with Crippen LogP contribution in [0.25, 0.3) is 0 Å². The Balaban J connectivity index is 3.40. The Hall–Kier alpha value is -1.04. The number of esters is 1. The summed E-state index contributed by atoms with van der Waals surface area (Å²) in [7, 11) is 1.14. The minimum atomic E-state index is -2.74. The quantitative estimate of drug-likeness (QED) is 0.617. The van der Waals surface area contributed by atoms with Gasteiger partial charge in [0.25, 0.3) is 6.43 Å². The van der Waals surface area contributed by atoms with Crippen molar-refractivity contribution in [1.29, 1.82) is 0 Å². The Morgan fingerprint density at radius 2 is 2.20 bits per heavy atom. The largest absolute Gasteiger partial charge is 0.465 e. The Morgan fingerprint density at radius 3 is 2.67 bits per heavy atom. The van der Waals surface area contributed by atoms with E-state index in [2.05, 4.69) is 25.7 Å². The first-order valence-corrected chi connectivity index (χ1v) is 4.80. The summed E-state index contributed by atoms with van der Waals surface area (Å²) in [6.07, 6.45) is -2.74. The molecule has 0 aliphatic carbocycles. The average molecular weight is 280 g/mol. The van der Waals surface area contributed by atoms with Gasteiger partial charge in [-0.3, -0.25) is 0 Å². The first-order valence-electron chi connectivity index (χ1n) is 4.01. The number of hydrogen-bond donors (Lipinski definition) is 0. The lowest BCUT2D eigenvalue weighted by Crippen LogP contribution is -2.10. The Kier molecular flexibility index (Phi) is 3.73. The van der Waals surface area contributed by atoms with Crippen molar-refractivity contribution in [2.24, 2.45) is 0 Å². The number of nitrogens with zero attached hydrogens (tertiary/aromatic N) is 1. The lowest BCUT2D eigenvalue weighted by molar-refractivity contribution is 0.0587. The summed E-state index contributed by atoms with van der Waals surface area (Å²) in [5, 5.41) is 0. The zero-order valence-electron chi connectivity index (χ0n) is 8.05. The molecule has 1 aromatic rings. The van der Waals surface area contributed by atoms with Crippen molar-refractivity contribution in [3.8, 4) is 0 Å². The SMILES string of the molecule is COC(=O)c1c(C(F)F)cc(Br)nc1C. The van der Waals surface area contributed by atoms with E-state index in [0.717, 1.165) is 13.2 Å². The molecule has 0 aromatic carbocycles. The molecule has 0 amide bonds. The van der Waals surface area contributed by atoms with E-state index in [9.17, 15) is 13.6 Å². The van der Waals surface area contributed by atoms with Gasteiger partial charge in [-0.05, 0) is 28.9 Å². The third kappa shape index (κ3) is 2.50. The molecule has 0 fully saturated rings. The molecular formula is C9H8BrF2NO2. The Morgan fingerprint density at radius 1 is 1.60 bits per heavy atom. The van der Waals surface area contributed by atoms with Gasteiger partial charge < -0.3 is 4.74 Å². The third-order valence-corrected chi connectivity index (χ3v) is 2.23. The number of carbonyl (C=O) groups is 1. The molecule has 82 valence electrons. The normalized spacial score (nSPS) is 10.5. The molecule has 1 rings (SSSR count). The van der Waals surface area contributed by atoms with Crippen molar-refractivity contribution < 1.29 is 18.3 Å². The van der Waals surface area contributed by atoms with Crippen molar-refractivity contribution in [2.45, 2.75) is 13.3 Å². The molecule has 0 atom stereocenters. The van der Waals surface area contributed by atoms with Crippen LogP contribution in [0.3, 0.4) is 0 Å². The Labute approximate surface area is 93.6 Å². The highest BCUT2D eigenvalue weighted by Gasteiger charge is 2.22. The van der Waals surface area contributed by atoms with Crippen LogP contribution in [0, 0.1) is 6.92 Å². The van der Waals surface area contributed by atoms with Crippen LogP contribution in [0.1, 0.15) is 28.0 Å². The molecule has 0 aliphatic rings. The number of rotatable bonds is 2. The summed E-state index contributed by atoms with van der Waals surface area (Å²) in [5.41, 5.74) is -0.330. The van der Waals surface area contributed by atoms with Crippen LogP contribution in [0.4, 0.5) is 8.78 Å². The van der Waals surface area contributed by atoms with E-state index in [-0.39, 0.29) is 21.4 Å². The van der Waals surface area contributed by atoms with Crippen LogP contribution in [0.5, 0.6) is 0 Å². The van der Waals surface area contributed by atoms with Crippen LogP contribution >= 0.6 is 15.9 Å². The summed E-state index contributed by atoms with van der Waals surface area (Å²) in [6.45, 7) is 1.48. The van der Waals surface area contributed by atoms with Gasteiger partial charge in [-0.25, -0.2) is 18.6 Å². The van der Waals surface area contributed by atoms with Gasteiger partial charge in [-0.15, -0.1) is 0 Å². The maximum Gasteiger partial charge on any atom is 0.340 e. The van der Waals surface area contributed by atoms with Crippen molar-refractivity contribution in [1.82, 2.24) is 4.98 Å². The second-order valence-electron chi connectivity index (χ2n) is 2.79. The molecule has 3 nitrogen and oxygen atoms in total. The molecule has 0 N–H and O–H groups in total. The van der Waals surface area contributed by atoms with E-state index >= 15 is 0 Å². The molecule has 0 radical (unpaired) electrons. The average Bonchev–Trinajstić information content (AvgIpc) is 2.15. The van der Waals surface area contributed by atoms with E-state index < -0.39 is 12.4 Å². The lowest BCUT2D eigenvalue weighted by Gasteiger charge is -2.09. The predicted molar refractivity (Wildman–Crippen MR) is 53.0 cm³/mol. The molecule has 0 saturated heterocycles. The van der Waals surface area contributed by atoms with Gasteiger partial charge in [-0.2, -0.15) is 0 Å². The number of aryl methyl sites for hydroxylation is 1. The highest BCUT2D eigenvalue weighted by Crippen LogP contribution is 2.27. The summed E-state index contributed by atoms with van der Waals surface area (Å²) in [4.78, 5) is 15.1. The van der Waals surface area contributed by atoms with Gasteiger partial charge in [-0.1, -0.05) is 0 Å². The standard InChI is InChI=1S/C9H8BrF2NO2/c1-4-7(9(14)15-2)5(8(11)12)3-6(10)13-4/h3,8H,1-2H3. The van der Waals surface area contributed by atoms with Crippen molar-refractivity contribution in [3.05, 3.63) is 27.5 Å². The zero-order valence-corrected chi connectivity index (χ0v) is 9.64. The van der Waals surface area contributed by atoms with Crippen LogP contribution < -0.4 is 0 Å². The molecule has 0 bridgehead atoms. The molecule has 0 saturated carbocycles. The summed E-state index contributed by atoms with van der Waals surface area (Å²) in [6, 6.07) is 1.11. The fraction of sp³-hybridized carbons (Fsp3) is 0.333. The van der Waals surface area contributed by atoms with Gasteiger partial charge in [0.05, 0.1) is 18.4 Å². The molecule has 0 aliphatic heterocycles. The number of ether oxygens (including phenoxy) is 1. The maximum atomic E-state index is 12.6. The lowest BCUT2D eigenvalue weighted by atomic mass is 10.1. The van der Waals surface area contributed by atoms with Crippen LogP contribution in [-0.2, 0) is 4.74 Å². The molecule has 1 heterocycles. The summed E-state index contributed by atoms with van der Waals surface area (Å²) < 4.78 is 29.9. The summed E-state index contributed by atoms with van der Waals surface area (Å²) in [5.74, 6) is -0.803. The topological polar surface area (TPSA) is 39.2 Å². The van der Waals surface area contributed by atoms with Crippen molar-refractivity contribution >= 4 is 21.9 Å². The number of pyridine rings is 1. The maximum absolute atomic E-state index is 12.6. The van der Waals surface area contributed by atoms with E-state index in [1.807, 2.05) is 0 Å². The van der Waals surface area contributed by atoms with E-state index in [1.165, 1.54) is 6.92 Å². The molecule has 15 heavy (non-hydrogen) atoms. The van der Waals surface area contributed by atoms with Gasteiger partial charge in [0.1, 0.15) is 4.60 Å². The summed E-state index contributed by atoms with van der Waals surface area (Å²) >= 11 is 2.99. The number of alkyl halides is 2. The van der Waals surface area contributed by atoms with E-state index in [1.54, 1.807) is 0 Å². The van der Waals surface area contributed by atoms with Crippen LogP contribution in [0.15, 0.2) is 10.7 Å². The third-order valence-electron chi connectivity index (χ3n) is 1.82. The van der Waals surface area contributed by atoms with Gasteiger partial charge in [0, 0.05) is 5.56 Å². The number of aromatic nitrogens is 1. The van der Waals surface area contributed by atoms with Gasteiger partial charge in [0.2, 0.25) is 0 Å². The van der Waals surface area contributed by atoms with Crippen LogP contribution in [0.2, 0.25) is 0 Å². The monoisotopic (exact) mass is 279 g/mol. The Bertz CT molecular complexity index is 396. The first kappa shape index (κ1) is 12.0. The number of halogens is 3. The van der Waals surface area contributed by atoms with E-state index in [0.29, 0.717) is 0 Å². The van der Waals surface area contributed by atoms with Crippen molar-refractivity contribution in [2.75, 3.05) is 7.11 Å². The van der Waals surface area contributed by atoms with Gasteiger partial charge >= 0.3 is 5.97 Å². The highest BCUT2D eigenvalue weighted by atomic mass is 79.9. The fourth-order valence-corrected chi connectivity index (χ4v) is 1.71. The van der Waals surface area contributed by atoms with Crippen molar-refractivity contribution in [3.63, 3.8) is 0 Å². The van der Waals surface area contributed by atoms with Crippen LogP contribution in [-0.4, -0.2) is 18.1 Å². The fourth-order valence-electron chi connectivity index (χ4n) is 1.20. The highest BCUT2D eigenvalue weighted by molar-refractivity contribution is 9.10. The molecule has 0 spiro atoms. The predicted octanol–water partition coefficient (Wildman–Crippen LogP) is 2.88. The second kappa shape index (κ2) is 4.65. The van der Waals surface area contributed by atoms with E-state index in [4.69, 9.17) is 0 Å². The molecular weight excluding hydrogens is 272 g/mol. The minimum Gasteiger partial charge on any atom is -0.465 e.